The van der Waals surface area contributed by atoms with Crippen LogP contribution in [0.2, 0.25) is 5.02 Å². The average Bonchev–Trinajstić information content (AvgIpc) is 2.96. The molecular weight excluding hydrogens is 393 g/mol. The lowest BCUT2D eigenvalue weighted by molar-refractivity contribution is -0.140. The predicted octanol–water partition coefficient (Wildman–Crippen LogP) is 4.89. The summed E-state index contributed by atoms with van der Waals surface area (Å²) in [5.41, 5.74) is 3.79. The summed E-state index contributed by atoms with van der Waals surface area (Å²) in [6.45, 7) is 6.03. The van der Waals surface area contributed by atoms with Gasteiger partial charge >= 0.3 is 5.97 Å². The molecule has 0 atom stereocenters. The third-order valence-electron chi connectivity index (χ3n) is 4.34. The monoisotopic (exact) mass is 413 g/mol. The lowest BCUT2D eigenvalue weighted by Crippen LogP contribution is -2.09. The van der Waals surface area contributed by atoms with Gasteiger partial charge in [-0.15, -0.1) is 0 Å². The summed E-state index contributed by atoms with van der Waals surface area (Å²) in [4.78, 5) is 18.8. The number of benzene rings is 2. The first-order chi connectivity index (χ1) is 13.9. The maximum atomic E-state index is 14.3. The number of aromatic nitrogens is 2. The summed E-state index contributed by atoms with van der Waals surface area (Å²) < 4.78 is 20.7. The van der Waals surface area contributed by atoms with Crippen LogP contribution in [0, 0.1) is 12.7 Å². The van der Waals surface area contributed by atoms with Crippen LogP contribution in [0.1, 0.15) is 36.5 Å². The zero-order valence-corrected chi connectivity index (χ0v) is 17.2. The summed E-state index contributed by atoms with van der Waals surface area (Å²) in [6.07, 6.45) is 1.81. The topological polar surface area (TPSA) is 56.5 Å². The Morgan fingerprint density at radius 2 is 2.00 bits per heavy atom. The van der Waals surface area contributed by atoms with Gasteiger partial charge in [-0.2, -0.15) is 0 Å². The van der Waals surface area contributed by atoms with Crippen LogP contribution in [-0.2, 0) is 16.1 Å². The zero-order chi connectivity index (χ0) is 21.0. The number of nitrogens with zero attached hydrogens (tertiary/aromatic N) is 3. The van der Waals surface area contributed by atoms with Gasteiger partial charge < -0.3 is 4.74 Å². The molecule has 0 saturated carbocycles. The quantitative estimate of drug-likeness (QED) is 0.562. The fourth-order valence-corrected chi connectivity index (χ4v) is 3.33. The van der Waals surface area contributed by atoms with Crippen molar-refractivity contribution in [1.29, 1.82) is 0 Å². The number of aryl methyl sites for hydroxylation is 1. The molecule has 0 bridgehead atoms. The van der Waals surface area contributed by atoms with Crippen LogP contribution >= 0.6 is 11.6 Å². The molecule has 1 aromatic heterocycles. The van der Waals surface area contributed by atoms with Crippen molar-refractivity contribution in [3.05, 3.63) is 82.1 Å². The Morgan fingerprint density at radius 1 is 1.24 bits per heavy atom. The predicted molar refractivity (Wildman–Crippen MR) is 111 cm³/mol. The molecule has 7 heteroatoms. The number of halogens is 2. The van der Waals surface area contributed by atoms with E-state index in [1.54, 1.807) is 19.1 Å². The number of fused-ring (bicyclic) bond motifs is 3. The molecule has 1 aliphatic heterocycles. The first kappa shape index (κ1) is 20.7. The summed E-state index contributed by atoms with van der Waals surface area (Å²) in [6, 6.07) is 12.3. The van der Waals surface area contributed by atoms with Crippen LogP contribution in [0.15, 0.2) is 53.7 Å². The minimum atomic E-state index is -0.293. The molecule has 0 radical (unpaired) electrons. The normalized spacial score (nSPS) is 12.0. The van der Waals surface area contributed by atoms with Crippen LogP contribution in [0.3, 0.4) is 0 Å². The molecule has 1 aliphatic rings. The minimum absolute atomic E-state index is 0.211. The average molecular weight is 414 g/mol. The lowest BCUT2D eigenvalue weighted by atomic mass is 10.00. The molecule has 0 unspecified atom stereocenters. The second-order valence-corrected chi connectivity index (χ2v) is 6.80. The van der Waals surface area contributed by atoms with Gasteiger partial charge in [0.25, 0.3) is 0 Å². The van der Waals surface area contributed by atoms with Gasteiger partial charge in [0.2, 0.25) is 0 Å². The Balaban J connectivity index is 0.000000353. The summed E-state index contributed by atoms with van der Waals surface area (Å²) in [7, 11) is 0. The van der Waals surface area contributed by atoms with Gasteiger partial charge in [-0.1, -0.05) is 23.7 Å². The Labute approximate surface area is 173 Å². The fourth-order valence-electron chi connectivity index (χ4n) is 3.16. The molecule has 0 aliphatic carbocycles. The molecule has 0 amide bonds. The Kier molecular flexibility index (Phi) is 6.44. The van der Waals surface area contributed by atoms with E-state index in [0.29, 0.717) is 29.4 Å². The number of aliphatic imine (C=N–C) groups is 1. The molecule has 2 aromatic carbocycles. The largest absolute Gasteiger partial charge is 0.466 e. The highest BCUT2D eigenvalue weighted by molar-refractivity contribution is 6.31. The molecule has 0 fully saturated rings. The molecule has 29 heavy (non-hydrogen) atoms. The molecule has 0 saturated heterocycles. The number of hydrogen-bond acceptors (Lipinski definition) is 4. The van der Waals surface area contributed by atoms with Crippen molar-refractivity contribution >= 4 is 23.3 Å². The van der Waals surface area contributed by atoms with Crippen LogP contribution < -0.4 is 0 Å². The zero-order valence-electron chi connectivity index (χ0n) is 16.4. The number of ether oxygens (including phenoxy) is 1. The Bertz CT molecular complexity index is 1080. The fraction of sp³-hybridized carbons (Fsp3) is 0.227. The van der Waals surface area contributed by atoms with Gasteiger partial charge in [0.1, 0.15) is 11.6 Å². The Hall–Kier alpha value is -2.99. The Morgan fingerprint density at radius 3 is 2.66 bits per heavy atom. The third-order valence-corrected chi connectivity index (χ3v) is 4.58. The maximum Gasteiger partial charge on any atom is 0.302 e. The smallest absolute Gasteiger partial charge is 0.302 e. The number of hydrogen-bond donors (Lipinski definition) is 0. The summed E-state index contributed by atoms with van der Waals surface area (Å²) in [5, 5.41) is 0.592. The molecule has 150 valence electrons. The van der Waals surface area contributed by atoms with E-state index >= 15 is 0 Å². The molecule has 4 rings (SSSR count). The first-order valence-corrected chi connectivity index (χ1v) is 9.56. The minimum Gasteiger partial charge on any atom is -0.466 e. The highest BCUT2D eigenvalue weighted by Crippen LogP contribution is 2.29. The van der Waals surface area contributed by atoms with Crippen LogP contribution in [-0.4, -0.2) is 27.8 Å². The van der Waals surface area contributed by atoms with Gasteiger partial charge in [0, 0.05) is 23.1 Å². The van der Waals surface area contributed by atoms with Crippen molar-refractivity contribution in [1.82, 2.24) is 9.55 Å². The van der Waals surface area contributed by atoms with Crippen molar-refractivity contribution in [3.63, 3.8) is 0 Å². The van der Waals surface area contributed by atoms with Gasteiger partial charge in [-0.25, -0.2) is 9.37 Å². The van der Waals surface area contributed by atoms with Crippen molar-refractivity contribution < 1.29 is 13.9 Å². The van der Waals surface area contributed by atoms with Gasteiger partial charge in [0.05, 0.1) is 36.4 Å². The number of carbonyl (C=O) groups is 1. The number of carbonyl (C=O) groups excluding carboxylic acids is 1. The van der Waals surface area contributed by atoms with E-state index in [0.717, 1.165) is 22.8 Å². The molecular formula is C22H21ClFN3O2. The van der Waals surface area contributed by atoms with E-state index in [4.69, 9.17) is 11.6 Å². The van der Waals surface area contributed by atoms with Crippen molar-refractivity contribution in [2.45, 2.75) is 27.3 Å². The third kappa shape index (κ3) is 4.54. The van der Waals surface area contributed by atoms with Crippen molar-refractivity contribution in [2.75, 3.05) is 6.61 Å². The van der Waals surface area contributed by atoms with E-state index in [-0.39, 0.29) is 11.8 Å². The molecule has 0 spiro atoms. The van der Waals surface area contributed by atoms with Crippen LogP contribution in [0.25, 0.3) is 5.69 Å². The van der Waals surface area contributed by atoms with Crippen LogP contribution in [0.5, 0.6) is 0 Å². The lowest BCUT2D eigenvalue weighted by Gasteiger charge is -2.14. The standard InChI is InChI=1S/C18H13ClFN3.C4H8O2/c1-11-21-9-13-10-22-18(14-4-2-3-5-16(14)20)15-8-12(19)6-7-17(15)23(11)13;1-3-6-4(2)5/h2-9H,10H2,1H3;3H2,1-2H3. The summed E-state index contributed by atoms with van der Waals surface area (Å²) >= 11 is 6.19. The van der Waals surface area contributed by atoms with E-state index in [2.05, 4.69) is 14.7 Å². The van der Waals surface area contributed by atoms with Gasteiger partial charge in [-0.3, -0.25) is 14.4 Å². The van der Waals surface area contributed by atoms with E-state index in [1.807, 2.05) is 42.0 Å². The number of imidazole rings is 1. The molecule has 2 heterocycles. The molecule has 5 nitrogen and oxygen atoms in total. The van der Waals surface area contributed by atoms with Crippen molar-refractivity contribution in [2.24, 2.45) is 4.99 Å². The van der Waals surface area contributed by atoms with Crippen LogP contribution in [0.4, 0.5) is 4.39 Å². The second-order valence-electron chi connectivity index (χ2n) is 6.36. The highest BCUT2D eigenvalue weighted by Gasteiger charge is 2.22. The van der Waals surface area contributed by atoms with Gasteiger partial charge in [-0.05, 0) is 44.2 Å². The number of rotatable bonds is 2. The SMILES string of the molecule is CCOC(C)=O.Cc1ncc2n1-c1ccc(Cl)cc1C(c1ccccc1F)=NC2. The first-order valence-electron chi connectivity index (χ1n) is 9.18. The van der Waals surface area contributed by atoms with E-state index < -0.39 is 0 Å². The second kappa shape index (κ2) is 9.01. The molecule has 0 N–H and O–H groups in total. The number of esters is 1. The summed E-state index contributed by atoms with van der Waals surface area (Å²) in [5.74, 6) is 0.365. The van der Waals surface area contributed by atoms with E-state index in [1.165, 1.54) is 13.0 Å². The van der Waals surface area contributed by atoms with E-state index in [9.17, 15) is 9.18 Å². The molecule has 3 aromatic rings. The van der Waals surface area contributed by atoms with Gasteiger partial charge in [0.15, 0.2) is 0 Å². The highest BCUT2D eigenvalue weighted by atomic mass is 35.5. The maximum absolute atomic E-state index is 14.3. The van der Waals surface area contributed by atoms with Crippen molar-refractivity contribution in [3.8, 4) is 5.69 Å².